The Morgan fingerprint density at radius 1 is 1.03 bits per heavy atom. The van der Waals surface area contributed by atoms with Gasteiger partial charge in [0.25, 0.3) is 5.91 Å². The Bertz CT molecular complexity index is 1050. The van der Waals surface area contributed by atoms with Crippen LogP contribution >= 0.6 is 0 Å². The molecule has 1 unspecified atom stereocenters. The molecule has 4 rings (SSSR count). The van der Waals surface area contributed by atoms with Gasteiger partial charge in [0.15, 0.2) is 18.2 Å². The SMILES string of the molecule is COc1ccc(C2CC(c3ccccc3)=NN2C(=O)COc2ccccc2F)cc1. The molecule has 3 aromatic carbocycles. The molecule has 3 aromatic rings. The zero-order valence-corrected chi connectivity index (χ0v) is 16.5. The summed E-state index contributed by atoms with van der Waals surface area (Å²) in [5.41, 5.74) is 2.71. The Labute approximate surface area is 174 Å². The number of methoxy groups -OCH3 is 1. The van der Waals surface area contributed by atoms with Crippen molar-refractivity contribution in [2.24, 2.45) is 5.10 Å². The highest BCUT2D eigenvalue weighted by Crippen LogP contribution is 2.33. The normalized spacial score (nSPS) is 15.6. The first-order chi connectivity index (χ1) is 14.7. The van der Waals surface area contributed by atoms with E-state index >= 15 is 0 Å². The van der Waals surface area contributed by atoms with Crippen LogP contribution in [0.5, 0.6) is 11.5 Å². The number of halogens is 1. The van der Waals surface area contributed by atoms with Gasteiger partial charge in [0, 0.05) is 6.42 Å². The van der Waals surface area contributed by atoms with E-state index in [1.54, 1.807) is 19.2 Å². The van der Waals surface area contributed by atoms with Gasteiger partial charge in [0.1, 0.15) is 5.75 Å². The van der Waals surface area contributed by atoms with Crippen molar-refractivity contribution in [1.82, 2.24) is 5.01 Å². The molecule has 152 valence electrons. The van der Waals surface area contributed by atoms with Crippen LogP contribution < -0.4 is 9.47 Å². The fourth-order valence-corrected chi connectivity index (χ4v) is 3.40. The smallest absolute Gasteiger partial charge is 0.281 e. The molecule has 1 atom stereocenters. The molecule has 30 heavy (non-hydrogen) atoms. The quantitative estimate of drug-likeness (QED) is 0.604. The van der Waals surface area contributed by atoms with E-state index in [2.05, 4.69) is 5.10 Å². The molecule has 0 fully saturated rings. The van der Waals surface area contributed by atoms with Crippen LogP contribution in [0.1, 0.15) is 23.6 Å². The summed E-state index contributed by atoms with van der Waals surface area (Å²) in [5.74, 6) is -0.0723. The highest BCUT2D eigenvalue weighted by Gasteiger charge is 2.33. The topological polar surface area (TPSA) is 51.1 Å². The van der Waals surface area contributed by atoms with Crippen LogP contribution in [0.4, 0.5) is 4.39 Å². The van der Waals surface area contributed by atoms with E-state index in [1.807, 2.05) is 54.6 Å². The molecule has 0 saturated heterocycles. The number of carbonyl (C=O) groups excluding carboxylic acids is 1. The first-order valence-electron chi connectivity index (χ1n) is 9.62. The van der Waals surface area contributed by atoms with Crippen LogP contribution in [0, 0.1) is 5.82 Å². The summed E-state index contributed by atoms with van der Waals surface area (Å²) in [6, 6.07) is 23.0. The van der Waals surface area contributed by atoms with Gasteiger partial charge in [-0.05, 0) is 35.4 Å². The van der Waals surface area contributed by atoms with Crippen LogP contribution in [0.3, 0.4) is 0 Å². The molecule has 0 saturated carbocycles. The predicted octanol–water partition coefficient (Wildman–Crippen LogP) is 4.59. The zero-order chi connectivity index (χ0) is 20.9. The maximum absolute atomic E-state index is 13.8. The first-order valence-corrected chi connectivity index (χ1v) is 9.62. The molecule has 0 spiro atoms. The Morgan fingerprint density at radius 2 is 1.73 bits per heavy atom. The molecule has 0 aliphatic carbocycles. The second-order valence-corrected chi connectivity index (χ2v) is 6.86. The fourth-order valence-electron chi connectivity index (χ4n) is 3.40. The molecule has 1 amide bonds. The lowest BCUT2D eigenvalue weighted by Gasteiger charge is -2.22. The second kappa shape index (κ2) is 8.78. The van der Waals surface area contributed by atoms with Crippen molar-refractivity contribution in [1.29, 1.82) is 0 Å². The molecule has 6 heteroatoms. The average molecular weight is 404 g/mol. The summed E-state index contributed by atoms with van der Waals surface area (Å²) in [5, 5.41) is 6.02. The fraction of sp³-hybridized carbons (Fsp3) is 0.167. The van der Waals surface area contributed by atoms with Gasteiger partial charge in [-0.25, -0.2) is 9.40 Å². The Kier molecular flexibility index (Phi) is 5.75. The number of rotatable bonds is 6. The zero-order valence-electron chi connectivity index (χ0n) is 16.5. The van der Waals surface area contributed by atoms with Gasteiger partial charge < -0.3 is 9.47 Å². The molecule has 1 heterocycles. The van der Waals surface area contributed by atoms with Crippen molar-refractivity contribution in [2.45, 2.75) is 12.5 Å². The summed E-state index contributed by atoms with van der Waals surface area (Å²) in [4.78, 5) is 13.0. The van der Waals surface area contributed by atoms with Gasteiger partial charge in [-0.1, -0.05) is 54.6 Å². The van der Waals surface area contributed by atoms with Crippen molar-refractivity contribution in [3.8, 4) is 11.5 Å². The molecule has 0 radical (unpaired) electrons. The Hall–Kier alpha value is -3.67. The van der Waals surface area contributed by atoms with Crippen LogP contribution in [0.25, 0.3) is 0 Å². The standard InChI is InChI=1S/C24H21FN2O3/c1-29-19-13-11-18(12-14-19)22-15-21(17-7-3-2-4-8-17)26-27(22)24(28)16-30-23-10-6-5-9-20(23)25/h2-14,22H,15-16H2,1H3. The highest BCUT2D eigenvalue weighted by molar-refractivity contribution is 6.03. The maximum Gasteiger partial charge on any atom is 0.281 e. The minimum absolute atomic E-state index is 0.0401. The number of amides is 1. The van der Waals surface area contributed by atoms with Gasteiger partial charge in [-0.3, -0.25) is 4.79 Å². The van der Waals surface area contributed by atoms with Crippen molar-refractivity contribution >= 4 is 11.6 Å². The molecule has 0 aromatic heterocycles. The van der Waals surface area contributed by atoms with Gasteiger partial charge in [0.2, 0.25) is 0 Å². The van der Waals surface area contributed by atoms with Crippen LogP contribution in [-0.4, -0.2) is 30.3 Å². The summed E-state index contributed by atoms with van der Waals surface area (Å²) >= 11 is 0. The molecule has 1 aliphatic heterocycles. The predicted molar refractivity (Wildman–Crippen MR) is 112 cm³/mol. The Balaban J connectivity index is 1.58. The minimum atomic E-state index is -0.507. The van der Waals surface area contributed by atoms with Crippen LogP contribution in [0.15, 0.2) is 84.0 Å². The van der Waals surface area contributed by atoms with Gasteiger partial charge in [0.05, 0.1) is 18.9 Å². The van der Waals surface area contributed by atoms with Crippen molar-refractivity contribution in [2.75, 3.05) is 13.7 Å². The summed E-state index contributed by atoms with van der Waals surface area (Å²) in [6.07, 6.45) is 0.571. The van der Waals surface area contributed by atoms with Gasteiger partial charge in [-0.2, -0.15) is 5.10 Å². The minimum Gasteiger partial charge on any atom is -0.497 e. The van der Waals surface area contributed by atoms with Gasteiger partial charge >= 0.3 is 0 Å². The lowest BCUT2D eigenvalue weighted by Crippen LogP contribution is -2.31. The first kappa shape index (κ1) is 19.6. The molecule has 0 bridgehead atoms. The van der Waals surface area contributed by atoms with E-state index in [0.29, 0.717) is 6.42 Å². The number of para-hydroxylation sites is 1. The van der Waals surface area contributed by atoms with Crippen molar-refractivity contribution < 1.29 is 18.7 Å². The number of ether oxygens (including phenoxy) is 2. The molecular formula is C24H21FN2O3. The van der Waals surface area contributed by atoms with E-state index in [1.165, 1.54) is 17.1 Å². The van der Waals surface area contributed by atoms with Crippen molar-refractivity contribution in [3.05, 3.63) is 95.8 Å². The number of hydrogen-bond donors (Lipinski definition) is 0. The van der Waals surface area contributed by atoms with Crippen LogP contribution in [0.2, 0.25) is 0 Å². The van der Waals surface area contributed by atoms with E-state index in [4.69, 9.17) is 9.47 Å². The third-order valence-electron chi connectivity index (χ3n) is 4.96. The number of benzene rings is 3. The maximum atomic E-state index is 13.8. The molecule has 0 N–H and O–H groups in total. The molecule has 1 aliphatic rings. The largest absolute Gasteiger partial charge is 0.497 e. The lowest BCUT2D eigenvalue weighted by molar-refractivity contribution is -0.135. The van der Waals surface area contributed by atoms with E-state index in [0.717, 1.165) is 22.6 Å². The van der Waals surface area contributed by atoms with Crippen molar-refractivity contribution in [3.63, 3.8) is 0 Å². The second-order valence-electron chi connectivity index (χ2n) is 6.86. The van der Waals surface area contributed by atoms with Gasteiger partial charge in [-0.15, -0.1) is 0 Å². The molecular weight excluding hydrogens is 383 g/mol. The van der Waals surface area contributed by atoms with E-state index < -0.39 is 5.82 Å². The monoisotopic (exact) mass is 404 g/mol. The number of hydrazone groups is 1. The molecule has 5 nitrogen and oxygen atoms in total. The van der Waals surface area contributed by atoms with Crippen LogP contribution in [-0.2, 0) is 4.79 Å². The lowest BCUT2D eigenvalue weighted by atomic mass is 9.98. The summed E-state index contributed by atoms with van der Waals surface area (Å²) in [6.45, 7) is -0.306. The number of nitrogens with zero attached hydrogens (tertiary/aromatic N) is 2. The summed E-state index contributed by atoms with van der Waals surface area (Å²) < 4.78 is 24.5. The number of hydrogen-bond acceptors (Lipinski definition) is 4. The number of carbonyl (C=O) groups is 1. The van der Waals surface area contributed by atoms with E-state index in [9.17, 15) is 9.18 Å². The highest BCUT2D eigenvalue weighted by atomic mass is 19.1. The summed E-state index contributed by atoms with van der Waals surface area (Å²) in [7, 11) is 1.61. The third kappa shape index (κ3) is 4.17. The Morgan fingerprint density at radius 3 is 2.43 bits per heavy atom. The van der Waals surface area contributed by atoms with E-state index in [-0.39, 0.29) is 24.3 Å². The average Bonchev–Trinajstić information content (AvgIpc) is 3.25. The third-order valence-corrected chi connectivity index (χ3v) is 4.96.